The lowest BCUT2D eigenvalue weighted by Gasteiger charge is -2.39. The van der Waals surface area contributed by atoms with E-state index in [2.05, 4.69) is 0 Å². The fraction of sp³-hybridized carbons (Fsp3) is 0.579. The standard InChI is InChI=1S/C19H24F3N3O2/c1-18(2,3)27-17(26)25-9-5-6-15(12-25)24(4)14-8-7-13(11-23)16(10-14)19(20,21)22/h7-8,10,15H,5-6,9,12H2,1-4H3/t15-/m1/s1. The van der Waals surface area contributed by atoms with Crippen molar-refractivity contribution in [2.45, 2.75) is 51.4 Å². The molecule has 1 heterocycles. The average Bonchev–Trinajstić information content (AvgIpc) is 2.58. The van der Waals surface area contributed by atoms with Crippen molar-refractivity contribution < 1.29 is 22.7 Å². The first-order chi connectivity index (χ1) is 12.4. The van der Waals surface area contributed by atoms with Gasteiger partial charge in [0, 0.05) is 31.9 Å². The van der Waals surface area contributed by atoms with E-state index in [9.17, 15) is 18.0 Å². The molecule has 1 aliphatic heterocycles. The van der Waals surface area contributed by atoms with Gasteiger partial charge in [0.15, 0.2) is 0 Å². The van der Waals surface area contributed by atoms with E-state index in [4.69, 9.17) is 10.00 Å². The fourth-order valence-electron chi connectivity index (χ4n) is 3.06. The summed E-state index contributed by atoms with van der Waals surface area (Å²) in [7, 11) is 1.70. The minimum atomic E-state index is -4.60. The number of carbonyl (C=O) groups excluding carboxylic acids is 1. The first-order valence-corrected chi connectivity index (χ1v) is 8.74. The summed E-state index contributed by atoms with van der Waals surface area (Å²) < 4.78 is 45.0. The maximum Gasteiger partial charge on any atom is 0.417 e. The second-order valence-corrected chi connectivity index (χ2v) is 7.67. The van der Waals surface area contributed by atoms with Gasteiger partial charge >= 0.3 is 12.3 Å². The molecule has 0 bridgehead atoms. The molecule has 5 nitrogen and oxygen atoms in total. The minimum absolute atomic E-state index is 0.139. The molecule has 0 unspecified atom stereocenters. The van der Waals surface area contributed by atoms with Crippen molar-refractivity contribution in [3.05, 3.63) is 29.3 Å². The number of nitrogens with zero attached hydrogens (tertiary/aromatic N) is 3. The Bertz CT molecular complexity index is 735. The fourth-order valence-corrected chi connectivity index (χ4v) is 3.06. The van der Waals surface area contributed by atoms with Gasteiger partial charge in [-0.2, -0.15) is 18.4 Å². The number of rotatable bonds is 2. The number of carbonyl (C=O) groups is 1. The van der Waals surface area contributed by atoms with Crippen molar-refractivity contribution in [1.82, 2.24) is 4.90 Å². The van der Waals surface area contributed by atoms with Crippen LogP contribution in [0.3, 0.4) is 0 Å². The molecule has 1 aliphatic rings. The highest BCUT2D eigenvalue weighted by molar-refractivity contribution is 5.68. The first kappa shape index (κ1) is 20.9. The molecule has 0 saturated carbocycles. The number of nitriles is 1. The summed E-state index contributed by atoms with van der Waals surface area (Å²) in [6.07, 6.45) is -3.54. The highest BCUT2D eigenvalue weighted by Crippen LogP contribution is 2.35. The van der Waals surface area contributed by atoms with E-state index in [1.807, 2.05) is 0 Å². The van der Waals surface area contributed by atoms with Crippen molar-refractivity contribution in [2.75, 3.05) is 25.0 Å². The van der Waals surface area contributed by atoms with Gasteiger partial charge in [-0.05, 0) is 51.8 Å². The maximum absolute atomic E-state index is 13.2. The van der Waals surface area contributed by atoms with Gasteiger partial charge in [-0.15, -0.1) is 0 Å². The van der Waals surface area contributed by atoms with Gasteiger partial charge in [0.2, 0.25) is 0 Å². The van der Waals surface area contributed by atoms with Crippen molar-refractivity contribution in [3.8, 4) is 6.07 Å². The number of likely N-dealkylation sites (tertiary alicyclic amines) is 1. The van der Waals surface area contributed by atoms with Crippen LogP contribution in [0.5, 0.6) is 0 Å². The third kappa shape index (κ3) is 5.28. The van der Waals surface area contributed by atoms with Gasteiger partial charge in [0.05, 0.1) is 17.2 Å². The number of benzene rings is 1. The molecule has 0 aromatic heterocycles. The topological polar surface area (TPSA) is 56.6 Å². The lowest BCUT2D eigenvalue weighted by Crippen LogP contribution is -2.50. The molecule has 1 fully saturated rings. The summed E-state index contributed by atoms with van der Waals surface area (Å²) in [4.78, 5) is 15.6. The Morgan fingerprint density at radius 1 is 1.33 bits per heavy atom. The van der Waals surface area contributed by atoms with Gasteiger partial charge in [0.25, 0.3) is 0 Å². The van der Waals surface area contributed by atoms with Crippen LogP contribution in [-0.2, 0) is 10.9 Å². The summed E-state index contributed by atoms with van der Waals surface area (Å²) in [6, 6.07) is 5.12. The zero-order chi connectivity index (χ0) is 20.4. The maximum atomic E-state index is 13.2. The predicted octanol–water partition coefficient (Wildman–Crippen LogP) is 4.41. The highest BCUT2D eigenvalue weighted by Gasteiger charge is 2.35. The second kappa shape index (κ2) is 7.67. The van der Waals surface area contributed by atoms with Crippen molar-refractivity contribution in [2.24, 2.45) is 0 Å². The zero-order valence-electron chi connectivity index (χ0n) is 15.9. The number of likely N-dealkylation sites (N-methyl/N-ethyl adjacent to an activating group) is 1. The third-order valence-electron chi connectivity index (χ3n) is 4.43. The van der Waals surface area contributed by atoms with Crippen LogP contribution in [0.1, 0.15) is 44.7 Å². The highest BCUT2D eigenvalue weighted by atomic mass is 19.4. The Morgan fingerprint density at radius 3 is 2.56 bits per heavy atom. The Labute approximate surface area is 157 Å². The lowest BCUT2D eigenvalue weighted by atomic mass is 10.0. The molecule has 8 heteroatoms. The summed E-state index contributed by atoms with van der Waals surface area (Å²) in [5, 5.41) is 8.93. The molecule has 1 saturated heterocycles. The van der Waals surface area contributed by atoms with Crippen LogP contribution in [0.25, 0.3) is 0 Å². The Morgan fingerprint density at radius 2 is 2.00 bits per heavy atom. The molecule has 0 aliphatic carbocycles. The largest absolute Gasteiger partial charge is 0.444 e. The van der Waals surface area contributed by atoms with Crippen LogP contribution in [0.4, 0.5) is 23.7 Å². The van der Waals surface area contributed by atoms with Crippen molar-refractivity contribution in [3.63, 3.8) is 0 Å². The summed E-state index contributed by atoms with van der Waals surface area (Å²) in [5.41, 5.74) is -1.60. The van der Waals surface area contributed by atoms with Crippen LogP contribution in [-0.4, -0.2) is 42.8 Å². The normalized spacial score (nSPS) is 18.0. The number of ether oxygens (including phenoxy) is 1. The molecule has 0 radical (unpaired) electrons. The Balaban J connectivity index is 2.19. The van der Waals surface area contributed by atoms with Crippen LogP contribution in [0.15, 0.2) is 18.2 Å². The molecule has 2 rings (SSSR count). The second-order valence-electron chi connectivity index (χ2n) is 7.67. The van der Waals surface area contributed by atoms with E-state index in [1.165, 1.54) is 12.1 Å². The number of hydrogen-bond donors (Lipinski definition) is 0. The average molecular weight is 383 g/mol. The number of hydrogen-bond acceptors (Lipinski definition) is 4. The van der Waals surface area contributed by atoms with E-state index in [0.717, 1.165) is 18.9 Å². The molecule has 1 atom stereocenters. The number of amides is 1. The number of anilines is 1. The molecule has 148 valence electrons. The summed E-state index contributed by atoms with van der Waals surface area (Å²) in [5.74, 6) is 0. The van der Waals surface area contributed by atoms with Gasteiger partial charge in [-0.25, -0.2) is 4.79 Å². The predicted molar refractivity (Wildman–Crippen MR) is 95.4 cm³/mol. The number of halogens is 3. The van der Waals surface area contributed by atoms with Crippen molar-refractivity contribution in [1.29, 1.82) is 5.26 Å². The molecule has 1 aromatic rings. The number of alkyl halides is 3. The molecule has 27 heavy (non-hydrogen) atoms. The Kier molecular flexibility index (Phi) is 5.93. The van der Waals surface area contributed by atoms with Crippen molar-refractivity contribution >= 4 is 11.8 Å². The van der Waals surface area contributed by atoms with Crippen LogP contribution in [0.2, 0.25) is 0 Å². The van der Waals surface area contributed by atoms with Gasteiger partial charge < -0.3 is 14.5 Å². The molecular formula is C19H24F3N3O2. The van der Waals surface area contributed by atoms with E-state index in [-0.39, 0.29) is 6.04 Å². The zero-order valence-corrected chi connectivity index (χ0v) is 15.9. The van der Waals surface area contributed by atoms with Crippen LogP contribution < -0.4 is 4.90 Å². The van der Waals surface area contributed by atoms with E-state index >= 15 is 0 Å². The summed E-state index contributed by atoms with van der Waals surface area (Å²) in [6.45, 7) is 6.28. The molecule has 1 amide bonds. The lowest BCUT2D eigenvalue weighted by molar-refractivity contribution is -0.137. The first-order valence-electron chi connectivity index (χ1n) is 8.74. The quantitative estimate of drug-likeness (QED) is 0.759. The van der Waals surface area contributed by atoms with Crippen LogP contribution in [0, 0.1) is 11.3 Å². The van der Waals surface area contributed by atoms with Gasteiger partial charge in [-0.1, -0.05) is 0 Å². The van der Waals surface area contributed by atoms with Gasteiger partial charge in [0.1, 0.15) is 5.60 Å². The molecule has 0 N–H and O–H groups in total. The molecule has 0 spiro atoms. The van der Waals surface area contributed by atoms with E-state index < -0.39 is 29.0 Å². The van der Waals surface area contributed by atoms with E-state index in [1.54, 1.807) is 43.7 Å². The van der Waals surface area contributed by atoms with Crippen LogP contribution >= 0.6 is 0 Å². The smallest absolute Gasteiger partial charge is 0.417 e. The Hall–Kier alpha value is -2.43. The number of piperidine rings is 1. The minimum Gasteiger partial charge on any atom is -0.444 e. The monoisotopic (exact) mass is 383 g/mol. The summed E-state index contributed by atoms with van der Waals surface area (Å²) >= 11 is 0. The van der Waals surface area contributed by atoms with E-state index in [0.29, 0.717) is 18.8 Å². The molecule has 1 aromatic carbocycles. The third-order valence-corrected chi connectivity index (χ3v) is 4.43. The SMILES string of the molecule is CN(c1ccc(C#N)c(C(F)(F)F)c1)[C@@H]1CCCN(C(=O)OC(C)(C)C)C1. The molecular weight excluding hydrogens is 359 g/mol. The van der Waals surface area contributed by atoms with Gasteiger partial charge in [-0.3, -0.25) is 0 Å².